The van der Waals surface area contributed by atoms with Crippen molar-refractivity contribution in [2.45, 2.75) is 26.2 Å². The van der Waals surface area contributed by atoms with Crippen molar-refractivity contribution in [2.75, 3.05) is 23.7 Å². The maximum absolute atomic E-state index is 4.28. The second kappa shape index (κ2) is 7.63. The molecule has 5 heteroatoms. The molecule has 23 heavy (non-hydrogen) atoms. The summed E-state index contributed by atoms with van der Waals surface area (Å²) < 4.78 is 0. The minimum Gasteiger partial charge on any atom is -0.370 e. The van der Waals surface area contributed by atoms with Gasteiger partial charge in [0.25, 0.3) is 0 Å². The highest BCUT2D eigenvalue weighted by Crippen LogP contribution is 2.18. The first-order valence-corrected chi connectivity index (χ1v) is 8.21. The summed E-state index contributed by atoms with van der Waals surface area (Å²) >= 11 is 0. The van der Waals surface area contributed by atoms with E-state index >= 15 is 0 Å². The smallest absolute Gasteiger partial charge is 0.131 e. The SMILES string of the molecule is CCCCNc1cc(NCCc2c[nH]c3ccccc23)ncn1. The molecular weight excluding hydrogens is 286 g/mol. The van der Waals surface area contributed by atoms with Crippen molar-refractivity contribution in [3.05, 3.63) is 48.4 Å². The van der Waals surface area contributed by atoms with E-state index in [-0.39, 0.29) is 0 Å². The average Bonchev–Trinajstić information content (AvgIpc) is 2.99. The second-order valence-corrected chi connectivity index (χ2v) is 5.61. The quantitative estimate of drug-likeness (QED) is 0.553. The van der Waals surface area contributed by atoms with Gasteiger partial charge >= 0.3 is 0 Å². The molecular formula is C18H23N5. The van der Waals surface area contributed by atoms with Gasteiger partial charge in [-0.05, 0) is 24.5 Å². The van der Waals surface area contributed by atoms with Crippen LogP contribution in [0.3, 0.4) is 0 Å². The van der Waals surface area contributed by atoms with Crippen LogP contribution in [0.5, 0.6) is 0 Å². The van der Waals surface area contributed by atoms with Crippen LogP contribution in [-0.2, 0) is 6.42 Å². The van der Waals surface area contributed by atoms with E-state index in [0.29, 0.717) is 0 Å². The first-order chi connectivity index (χ1) is 11.4. The van der Waals surface area contributed by atoms with Gasteiger partial charge in [-0.15, -0.1) is 0 Å². The van der Waals surface area contributed by atoms with E-state index in [4.69, 9.17) is 0 Å². The Labute approximate surface area is 136 Å². The maximum atomic E-state index is 4.28. The molecule has 0 bridgehead atoms. The molecule has 0 aliphatic heterocycles. The minimum atomic E-state index is 0.841. The fourth-order valence-electron chi connectivity index (χ4n) is 2.61. The lowest BCUT2D eigenvalue weighted by molar-refractivity contribution is 0.830. The second-order valence-electron chi connectivity index (χ2n) is 5.61. The monoisotopic (exact) mass is 309 g/mol. The topological polar surface area (TPSA) is 65.6 Å². The van der Waals surface area contributed by atoms with Gasteiger partial charge in [0.15, 0.2) is 0 Å². The molecule has 0 saturated carbocycles. The zero-order valence-corrected chi connectivity index (χ0v) is 13.5. The van der Waals surface area contributed by atoms with Crippen LogP contribution in [0.4, 0.5) is 11.6 Å². The first kappa shape index (κ1) is 15.3. The molecule has 3 N–H and O–H groups in total. The number of para-hydroxylation sites is 1. The zero-order valence-electron chi connectivity index (χ0n) is 13.5. The lowest BCUT2D eigenvalue weighted by Crippen LogP contribution is -2.08. The molecule has 1 aromatic carbocycles. The van der Waals surface area contributed by atoms with Gasteiger partial charge in [-0.2, -0.15) is 0 Å². The van der Waals surface area contributed by atoms with Crippen molar-refractivity contribution in [2.24, 2.45) is 0 Å². The van der Waals surface area contributed by atoms with Gasteiger partial charge < -0.3 is 15.6 Å². The summed E-state index contributed by atoms with van der Waals surface area (Å²) in [6.07, 6.45) is 6.96. The molecule has 0 aliphatic carbocycles. The van der Waals surface area contributed by atoms with Gasteiger partial charge in [0.1, 0.15) is 18.0 Å². The highest BCUT2D eigenvalue weighted by molar-refractivity contribution is 5.83. The summed E-state index contributed by atoms with van der Waals surface area (Å²) in [7, 11) is 0. The summed E-state index contributed by atoms with van der Waals surface area (Å²) in [5, 5.41) is 7.98. The van der Waals surface area contributed by atoms with Gasteiger partial charge in [0.05, 0.1) is 0 Å². The van der Waals surface area contributed by atoms with Gasteiger partial charge in [-0.25, -0.2) is 9.97 Å². The maximum Gasteiger partial charge on any atom is 0.131 e. The third-order valence-corrected chi connectivity index (χ3v) is 3.88. The Morgan fingerprint density at radius 2 is 1.83 bits per heavy atom. The summed E-state index contributed by atoms with van der Waals surface area (Å²) in [4.78, 5) is 11.8. The summed E-state index contributed by atoms with van der Waals surface area (Å²) in [5.41, 5.74) is 2.51. The number of hydrogen-bond donors (Lipinski definition) is 3. The Hall–Kier alpha value is -2.56. The average molecular weight is 309 g/mol. The molecule has 0 atom stereocenters. The van der Waals surface area contributed by atoms with E-state index < -0.39 is 0 Å². The van der Waals surface area contributed by atoms with Crippen LogP contribution in [0, 0.1) is 0 Å². The van der Waals surface area contributed by atoms with E-state index in [1.807, 2.05) is 6.07 Å². The highest BCUT2D eigenvalue weighted by Gasteiger charge is 2.03. The van der Waals surface area contributed by atoms with E-state index in [9.17, 15) is 0 Å². The minimum absolute atomic E-state index is 0.841. The Morgan fingerprint density at radius 1 is 1.04 bits per heavy atom. The van der Waals surface area contributed by atoms with E-state index in [2.05, 4.69) is 63.0 Å². The lowest BCUT2D eigenvalue weighted by atomic mass is 10.1. The Bertz CT molecular complexity index is 750. The highest BCUT2D eigenvalue weighted by atomic mass is 15.1. The van der Waals surface area contributed by atoms with Crippen LogP contribution in [0.25, 0.3) is 10.9 Å². The fourth-order valence-corrected chi connectivity index (χ4v) is 2.61. The summed E-state index contributed by atoms with van der Waals surface area (Å²) in [5.74, 6) is 1.74. The molecule has 0 spiro atoms. The van der Waals surface area contributed by atoms with Crippen molar-refractivity contribution in [3.8, 4) is 0 Å². The molecule has 0 radical (unpaired) electrons. The molecule has 0 aliphatic rings. The number of aromatic amines is 1. The fraction of sp³-hybridized carbons (Fsp3) is 0.333. The molecule has 3 rings (SSSR count). The Morgan fingerprint density at radius 3 is 2.65 bits per heavy atom. The Balaban J connectivity index is 1.55. The number of aromatic nitrogens is 3. The number of unbranched alkanes of at least 4 members (excludes halogenated alkanes) is 1. The van der Waals surface area contributed by atoms with Crippen molar-refractivity contribution in [1.29, 1.82) is 0 Å². The number of H-pyrrole nitrogens is 1. The number of hydrogen-bond acceptors (Lipinski definition) is 4. The number of nitrogens with one attached hydrogen (secondary N) is 3. The summed E-state index contributed by atoms with van der Waals surface area (Å²) in [6, 6.07) is 10.3. The predicted molar refractivity (Wildman–Crippen MR) is 95.9 cm³/mol. The number of nitrogens with zero attached hydrogens (tertiary/aromatic N) is 2. The number of fused-ring (bicyclic) bond motifs is 1. The molecule has 0 amide bonds. The molecule has 0 fully saturated rings. The largest absolute Gasteiger partial charge is 0.370 e. The van der Waals surface area contributed by atoms with E-state index in [0.717, 1.165) is 37.6 Å². The normalized spacial score (nSPS) is 10.8. The van der Waals surface area contributed by atoms with E-state index in [1.165, 1.54) is 22.9 Å². The standard InChI is InChI=1S/C18H23N5/c1-2-3-9-19-17-11-18(23-13-22-17)20-10-8-14-12-21-16-7-5-4-6-15(14)16/h4-7,11-13,21H,2-3,8-10H2,1H3,(H2,19,20,22,23). The van der Waals surface area contributed by atoms with Gasteiger partial charge in [0.2, 0.25) is 0 Å². The van der Waals surface area contributed by atoms with Crippen LogP contribution in [-0.4, -0.2) is 28.0 Å². The van der Waals surface area contributed by atoms with Crippen molar-refractivity contribution in [3.63, 3.8) is 0 Å². The number of benzene rings is 1. The zero-order chi connectivity index (χ0) is 15.9. The van der Waals surface area contributed by atoms with Crippen LogP contribution < -0.4 is 10.6 Å². The molecule has 0 saturated heterocycles. The van der Waals surface area contributed by atoms with Crippen LogP contribution in [0.15, 0.2) is 42.9 Å². The van der Waals surface area contributed by atoms with Crippen molar-refractivity contribution < 1.29 is 0 Å². The third kappa shape index (κ3) is 4.00. The van der Waals surface area contributed by atoms with Gasteiger partial charge in [0, 0.05) is 36.3 Å². The van der Waals surface area contributed by atoms with Crippen LogP contribution >= 0.6 is 0 Å². The Kier molecular flexibility index (Phi) is 5.09. The van der Waals surface area contributed by atoms with Crippen LogP contribution in [0.2, 0.25) is 0 Å². The van der Waals surface area contributed by atoms with Crippen molar-refractivity contribution in [1.82, 2.24) is 15.0 Å². The molecule has 3 aromatic rings. The lowest BCUT2D eigenvalue weighted by Gasteiger charge is -2.08. The molecule has 120 valence electrons. The van der Waals surface area contributed by atoms with E-state index in [1.54, 1.807) is 6.33 Å². The molecule has 0 unspecified atom stereocenters. The number of rotatable bonds is 8. The van der Waals surface area contributed by atoms with Gasteiger partial charge in [-0.3, -0.25) is 0 Å². The first-order valence-electron chi connectivity index (χ1n) is 8.21. The van der Waals surface area contributed by atoms with Gasteiger partial charge in [-0.1, -0.05) is 31.5 Å². The van der Waals surface area contributed by atoms with Crippen LogP contribution in [0.1, 0.15) is 25.3 Å². The molecule has 5 nitrogen and oxygen atoms in total. The number of anilines is 2. The molecule has 2 heterocycles. The molecule has 2 aromatic heterocycles. The van der Waals surface area contributed by atoms with Crippen molar-refractivity contribution >= 4 is 22.5 Å². The predicted octanol–water partition coefficient (Wildman–Crippen LogP) is 3.82. The summed E-state index contributed by atoms with van der Waals surface area (Å²) in [6.45, 7) is 3.97. The third-order valence-electron chi connectivity index (χ3n) is 3.88.